The monoisotopic (exact) mass is 396 g/mol. The smallest absolute Gasteiger partial charge is 0.255 e. The third-order valence-corrected chi connectivity index (χ3v) is 4.15. The van der Waals surface area contributed by atoms with Crippen molar-refractivity contribution in [2.75, 3.05) is 12.8 Å². The summed E-state index contributed by atoms with van der Waals surface area (Å²) in [4.78, 5) is 14.1. The van der Waals surface area contributed by atoms with Crippen molar-refractivity contribution < 1.29 is 4.79 Å². The van der Waals surface area contributed by atoms with Crippen LogP contribution in [0.5, 0.6) is 0 Å². The van der Waals surface area contributed by atoms with Gasteiger partial charge in [0, 0.05) is 28.2 Å². The van der Waals surface area contributed by atoms with Crippen LogP contribution in [-0.4, -0.2) is 17.9 Å². The van der Waals surface area contributed by atoms with Crippen molar-refractivity contribution in [1.82, 2.24) is 4.90 Å². The van der Waals surface area contributed by atoms with Crippen LogP contribution in [-0.2, 0) is 6.54 Å². The van der Waals surface area contributed by atoms with Gasteiger partial charge in [0.25, 0.3) is 5.91 Å². The zero-order chi connectivity index (χ0) is 14.7. The molecule has 0 atom stereocenters. The Labute approximate surface area is 135 Å². The van der Waals surface area contributed by atoms with E-state index >= 15 is 0 Å². The molecule has 2 aromatic rings. The number of rotatable bonds is 3. The Morgan fingerprint density at radius 2 is 1.90 bits per heavy atom. The van der Waals surface area contributed by atoms with E-state index in [2.05, 4.69) is 31.9 Å². The predicted molar refractivity (Wildman–Crippen MR) is 88.5 cm³/mol. The molecule has 0 unspecified atom stereocenters. The molecule has 1 amide bonds. The van der Waals surface area contributed by atoms with E-state index in [1.165, 1.54) is 0 Å². The number of halogens is 2. The molecule has 20 heavy (non-hydrogen) atoms. The van der Waals surface area contributed by atoms with Crippen LogP contribution < -0.4 is 5.73 Å². The van der Waals surface area contributed by atoms with E-state index in [-0.39, 0.29) is 5.91 Å². The van der Waals surface area contributed by atoms with E-state index in [0.717, 1.165) is 14.5 Å². The molecular formula is C15H14Br2N2O. The molecule has 0 aliphatic heterocycles. The molecule has 0 aliphatic rings. The molecule has 2 N–H and O–H groups in total. The highest BCUT2D eigenvalue weighted by Gasteiger charge is 2.16. The number of nitrogens with zero attached hydrogens (tertiary/aromatic N) is 1. The minimum atomic E-state index is -0.0542. The Morgan fingerprint density at radius 3 is 2.60 bits per heavy atom. The SMILES string of the molecule is CN(Cc1ccccc1N)C(=O)c1cc(Br)ccc1Br. The minimum absolute atomic E-state index is 0.0542. The van der Waals surface area contributed by atoms with Gasteiger partial charge in [0.2, 0.25) is 0 Å². The standard InChI is InChI=1S/C15H14Br2N2O/c1-19(9-10-4-2-3-5-14(10)18)15(20)12-8-11(16)6-7-13(12)17/h2-8H,9,18H2,1H3. The summed E-state index contributed by atoms with van der Waals surface area (Å²) < 4.78 is 1.65. The number of nitrogens with two attached hydrogens (primary N) is 1. The van der Waals surface area contributed by atoms with E-state index in [9.17, 15) is 4.79 Å². The molecule has 2 aromatic carbocycles. The number of carbonyl (C=O) groups excluding carboxylic acids is 1. The molecule has 3 nitrogen and oxygen atoms in total. The van der Waals surface area contributed by atoms with Crippen molar-refractivity contribution in [2.45, 2.75) is 6.54 Å². The highest BCUT2D eigenvalue weighted by molar-refractivity contribution is 9.11. The van der Waals surface area contributed by atoms with E-state index in [4.69, 9.17) is 5.73 Å². The fourth-order valence-electron chi connectivity index (χ4n) is 1.87. The summed E-state index contributed by atoms with van der Waals surface area (Å²) in [7, 11) is 1.77. The molecule has 0 aromatic heterocycles. The lowest BCUT2D eigenvalue weighted by Gasteiger charge is -2.19. The second kappa shape index (κ2) is 6.41. The number of nitrogen functional groups attached to an aromatic ring is 1. The largest absolute Gasteiger partial charge is 0.398 e. The fraction of sp³-hybridized carbons (Fsp3) is 0.133. The van der Waals surface area contributed by atoms with Crippen LogP contribution in [0, 0.1) is 0 Å². The van der Waals surface area contributed by atoms with Gasteiger partial charge in [-0.1, -0.05) is 34.1 Å². The number of benzene rings is 2. The highest BCUT2D eigenvalue weighted by atomic mass is 79.9. The molecule has 0 saturated carbocycles. The van der Waals surface area contributed by atoms with Crippen molar-refractivity contribution in [3.63, 3.8) is 0 Å². The van der Waals surface area contributed by atoms with Gasteiger partial charge in [-0.25, -0.2) is 0 Å². The summed E-state index contributed by atoms with van der Waals surface area (Å²) in [6, 6.07) is 13.1. The average Bonchev–Trinajstić information content (AvgIpc) is 2.43. The quantitative estimate of drug-likeness (QED) is 0.793. The Morgan fingerprint density at radius 1 is 1.20 bits per heavy atom. The first-order valence-corrected chi connectivity index (χ1v) is 7.61. The fourth-order valence-corrected chi connectivity index (χ4v) is 2.65. The predicted octanol–water partition coefficient (Wildman–Crippen LogP) is 4.07. The number of anilines is 1. The molecular weight excluding hydrogens is 384 g/mol. The van der Waals surface area contributed by atoms with Crippen LogP contribution >= 0.6 is 31.9 Å². The van der Waals surface area contributed by atoms with Gasteiger partial charge in [0.05, 0.1) is 5.56 Å². The first kappa shape index (κ1) is 15.1. The number of hydrogen-bond acceptors (Lipinski definition) is 2. The normalized spacial score (nSPS) is 10.3. The van der Waals surface area contributed by atoms with Crippen LogP contribution in [0.25, 0.3) is 0 Å². The van der Waals surface area contributed by atoms with Crippen LogP contribution in [0.1, 0.15) is 15.9 Å². The van der Waals surface area contributed by atoms with Gasteiger partial charge < -0.3 is 10.6 Å². The minimum Gasteiger partial charge on any atom is -0.398 e. The topological polar surface area (TPSA) is 46.3 Å². The van der Waals surface area contributed by atoms with Crippen LogP contribution in [0.15, 0.2) is 51.4 Å². The lowest BCUT2D eigenvalue weighted by atomic mass is 10.1. The molecule has 0 fully saturated rings. The van der Waals surface area contributed by atoms with Crippen LogP contribution in [0.2, 0.25) is 0 Å². The molecule has 0 spiro atoms. The second-order valence-corrected chi connectivity index (χ2v) is 6.25. The maximum Gasteiger partial charge on any atom is 0.255 e. The van der Waals surface area contributed by atoms with E-state index in [1.54, 1.807) is 18.0 Å². The highest BCUT2D eigenvalue weighted by Crippen LogP contribution is 2.23. The lowest BCUT2D eigenvalue weighted by molar-refractivity contribution is 0.0784. The molecule has 104 valence electrons. The lowest BCUT2D eigenvalue weighted by Crippen LogP contribution is -2.26. The molecule has 0 heterocycles. The van der Waals surface area contributed by atoms with Crippen molar-refractivity contribution in [3.05, 3.63) is 62.5 Å². The molecule has 2 rings (SSSR count). The van der Waals surface area contributed by atoms with Gasteiger partial charge >= 0.3 is 0 Å². The molecule has 0 saturated heterocycles. The average molecular weight is 398 g/mol. The van der Waals surface area contributed by atoms with Gasteiger partial charge in [0.15, 0.2) is 0 Å². The van der Waals surface area contributed by atoms with Gasteiger partial charge in [-0.2, -0.15) is 0 Å². The van der Waals surface area contributed by atoms with Crippen LogP contribution in [0.4, 0.5) is 5.69 Å². The number of amides is 1. The summed E-state index contributed by atoms with van der Waals surface area (Å²) in [5, 5.41) is 0. The molecule has 0 aliphatic carbocycles. The van der Waals surface area contributed by atoms with Gasteiger partial charge in [-0.05, 0) is 45.8 Å². The zero-order valence-electron chi connectivity index (χ0n) is 10.9. The Kier molecular flexibility index (Phi) is 4.83. The third-order valence-electron chi connectivity index (χ3n) is 2.97. The third kappa shape index (κ3) is 3.41. The second-order valence-electron chi connectivity index (χ2n) is 4.48. The van der Waals surface area contributed by atoms with Crippen molar-refractivity contribution in [2.24, 2.45) is 0 Å². The Balaban J connectivity index is 2.21. The molecule has 0 bridgehead atoms. The summed E-state index contributed by atoms with van der Waals surface area (Å²) in [5.41, 5.74) is 8.16. The van der Waals surface area contributed by atoms with E-state index in [0.29, 0.717) is 17.8 Å². The summed E-state index contributed by atoms with van der Waals surface area (Å²) >= 11 is 6.79. The van der Waals surface area contributed by atoms with Crippen molar-refractivity contribution in [3.8, 4) is 0 Å². The maximum absolute atomic E-state index is 12.5. The molecule has 0 radical (unpaired) electrons. The summed E-state index contributed by atoms with van der Waals surface area (Å²) in [6.07, 6.45) is 0. The van der Waals surface area contributed by atoms with Crippen molar-refractivity contribution >= 4 is 43.5 Å². The van der Waals surface area contributed by atoms with E-state index in [1.807, 2.05) is 36.4 Å². The Hall–Kier alpha value is -1.33. The molecule has 5 heteroatoms. The number of hydrogen-bond donors (Lipinski definition) is 1. The zero-order valence-corrected chi connectivity index (χ0v) is 14.1. The van der Waals surface area contributed by atoms with Crippen molar-refractivity contribution in [1.29, 1.82) is 0 Å². The Bertz CT molecular complexity index is 644. The first-order chi connectivity index (χ1) is 9.49. The van der Waals surface area contributed by atoms with Crippen LogP contribution in [0.3, 0.4) is 0 Å². The summed E-state index contributed by atoms with van der Waals surface area (Å²) in [5.74, 6) is -0.0542. The first-order valence-electron chi connectivity index (χ1n) is 6.03. The van der Waals surface area contributed by atoms with Gasteiger partial charge in [0.1, 0.15) is 0 Å². The van der Waals surface area contributed by atoms with E-state index < -0.39 is 0 Å². The number of para-hydroxylation sites is 1. The van der Waals surface area contributed by atoms with Gasteiger partial charge in [-0.3, -0.25) is 4.79 Å². The van der Waals surface area contributed by atoms with Gasteiger partial charge in [-0.15, -0.1) is 0 Å². The maximum atomic E-state index is 12.5. The summed E-state index contributed by atoms with van der Waals surface area (Å²) in [6.45, 7) is 0.477. The number of carbonyl (C=O) groups is 1.